The highest BCUT2D eigenvalue weighted by molar-refractivity contribution is 5.81. The van der Waals surface area contributed by atoms with Crippen LogP contribution in [-0.4, -0.2) is 22.5 Å². The average molecular weight is 344 g/mol. The zero-order valence-corrected chi connectivity index (χ0v) is 14.4. The number of rotatable bonds is 5. The molecule has 1 N–H and O–H groups in total. The van der Waals surface area contributed by atoms with Gasteiger partial charge in [0, 0.05) is 11.6 Å². The van der Waals surface area contributed by atoms with Crippen LogP contribution in [-0.2, 0) is 4.79 Å². The minimum Gasteiger partial charge on any atom is -0.474 e. The molecular formula is C19H24N2O4. The number of nitro groups is 1. The number of carbonyl (C=O) groups is 1. The van der Waals surface area contributed by atoms with Crippen molar-refractivity contribution >= 4 is 11.6 Å². The highest BCUT2D eigenvalue weighted by atomic mass is 16.6. The fourth-order valence-corrected chi connectivity index (χ4v) is 5.58. The second-order valence-corrected chi connectivity index (χ2v) is 8.17. The summed E-state index contributed by atoms with van der Waals surface area (Å²) in [5.74, 6) is 2.22. The van der Waals surface area contributed by atoms with Gasteiger partial charge in [-0.1, -0.05) is 12.1 Å². The maximum absolute atomic E-state index is 12.7. The van der Waals surface area contributed by atoms with Gasteiger partial charge in [-0.3, -0.25) is 14.9 Å². The molecule has 0 unspecified atom stereocenters. The summed E-state index contributed by atoms with van der Waals surface area (Å²) in [5.41, 5.74) is -0.191. The van der Waals surface area contributed by atoms with E-state index in [0.29, 0.717) is 0 Å². The Balaban J connectivity index is 1.44. The molecule has 134 valence electrons. The van der Waals surface area contributed by atoms with E-state index in [-0.39, 0.29) is 22.9 Å². The first-order valence-electron chi connectivity index (χ1n) is 9.16. The minimum atomic E-state index is -0.755. The first-order valence-corrected chi connectivity index (χ1v) is 9.16. The van der Waals surface area contributed by atoms with E-state index in [4.69, 9.17) is 4.74 Å². The summed E-state index contributed by atoms with van der Waals surface area (Å²) < 4.78 is 5.63. The summed E-state index contributed by atoms with van der Waals surface area (Å²) in [6, 6.07) is 6.18. The number of carbonyl (C=O) groups excluding carboxylic acids is 1. The lowest BCUT2D eigenvalue weighted by molar-refractivity contribution is -0.386. The van der Waals surface area contributed by atoms with Gasteiger partial charge in [-0.25, -0.2) is 0 Å². The van der Waals surface area contributed by atoms with E-state index in [0.717, 1.165) is 37.0 Å². The minimum absolute atomic E-state index is 0.0773. The SMILES string of the molecule is C[C@@H](Oc1ccccc1[N+](=O)[O-])C(=O)NC12CC3CC(CC(C3)C1)C2. The number of hydrogen-bond donors (Lipinski definition) is 1. The molecule has 1 aromatic carbocycles. The molecule has 1 amide bonds. The van der Waals surface area contributed by atoms with Gasteiger partial charge in [0.1, 0.15) is 0 Å². The zero-order valence-electron chi connectivity index (χ0n) is 14.4. The van der Waals surface area contributed by atoms with Crippen LogP contribution in [0.15, 0.2) is 24.3 Å². The van der Waals surface area contributed by atoms with Crippen molar-refractivity contribution in [3.05, 3.63) is 34.4 Å². The van der Waals surface area contributed by atoms with E-state index in [1.54, 1.807) is 19.1 Å². The van der Waals surface area contributed by atoms with E-state index >= 15 is 0 Å². The molecular weight excluding hydrogens is 320 g/mol. The molecule has 4 saturated carbocycles. The summed E-state index contributed by atoms with van der Waals surface area (Å²) in [4.78, 5) is 23.3. The lowest BCUT2D eigenvalue weighted by Crippen LogP contribution is -2.61. The van der Waals surface area contributed by atoms with Crippen LogP contribution >= 0.6 is 0 Å². The van der Waals surface area contributed by atoms with Crippen LogP contribution in [0.3, 0.4) is 0 Å². The summed E-state index contributed by atoms with van der Waals surface area (Å²) in [5, 5.41) is 14.4. The molecule has 0 heterocycles. The van der Waals surface area contributed by atoms with Gasteiger partial charge < -0.3 is 10.1 Å². The molecule has 0 aromatic heterocycles. The topological polar surface area (TPSA) is 81.5 Å². The van der Waals surface area contributed by atoms with Crippen molar-refractivity contribution < 1.29 is 14.5 Å². The van der Waals surface area contributed by atoms with E-state index in [2.05, 4.69) is 5.32 Å². The van der Waals surface area contributed by atoms with Crippen molar-refractivity contribution in [2.45, 2.75) is 57.1 Å². The lowest BCUT2D eigenvalue weighted by atomic mass is 9.53. The molecule has 5 rings (SSSR count). The Kier molecular flexibility index (Phi) is 3.93. The number of para-hydroxylation sites is 2. The van der Waals surface area contributed by atoms with Crippen LogP contribution in [0.25, 0.3) is 0 Å². The summed E-state index contributed by atoms with van der Waals surface area (Å²) in [7, 11) is 0. The number of nitro benzene ring substituents is 1. The largest absolute Gasteiger partial charge is 0.474 e. The Hall–Kier alpha value is -2.11. The molecule has 4 aliphatic rings. The first-order chi connectivity index (χ1) is 11.9. The van der Waals surface area contributed by atoms with Gasteiger partial charge >= 0.3 is 5.69 Å². The lowest BCUT2D eigenvalue weighted by Gasteiger charge is -2.57. The normalized spacial score (nSPS) is 33.7. The van der Waals surface area contributed by atoms with Gasteiger partial charge in [0.15, 0.2) is 11.9 Å². The second kappa shape index (κ2) is 6.00. The molecule has 0 radical (unpaired) electrons. The third-order valence-electron chi connectivity index (χ3n) is 6.16. The molecule has 4 fully saturated rings. The van der Waals surface area contributed by atoms with Crippen LogP contribution in [0, 0.1) is 27.9 Å². The summed E-state index contributed by atoms with van der Waals surface area (Å²) in [6.45, 7) is 1.66. The van der Waals surface area contributed by atoms with Crippen molar-refractivity contribution in [2.24, 2.45) is 17.8 Å². The van der Waals surface area contributed by atoms with Gasteiger partial charge in [0.05, 0.1) is 4.92 Å². The number of benzene rings is 1. The highest BCUT2D eigenvalue weighted by Gasteiger charge is 2.51. The van der Waals surface area contributed by atoms with E-state index in [9.17, 15) is 14.9 Å². The van der Waals surface area contributed by atoms with Crippen LogP contribution < -0.4 is 10.1 Å². The molecule has 0 saturated heterocycles. The molecule has 6 nitrogen and oxygen atoms in total. The number of nitrogens with zero attached hydrogens (tertiary/aromatic N) is 1. The second-order valence-electron chi connectivity index (χ2n) is 8.17. The van der Waals surface area contributed by atoms with Crippen molar-refractivity contribution in [3.8, 4) is 5.75 Å². The standard InChI is InChI=1S/C19H24N2O4/c1-12(25-17-5-3-2-4-16(17)21(23)24)18(22)20-19-9-13-6-14(10-19)8-15(7-13)11-19/h2-5,12-15H,6-11H2,1H3,(H,20,22)/t12-,13?,14?,15?,19?/m1/s1. The third kappa shape index (κ3) is 3.10. The Morgan fingerprint density at radius 3 is 2.32 bits per heavy atom. The average Bonchev–Trinajstić information content (AvgIpc) is 2.53. The van der Waals surface area contributed by atoms with Crippen molar-refractivity contribution in [1.29, 1.82) is 0 Å². The number of ether oxygens (including phenoxy) is 1. The predicted molar refractivity (Wildman–Crippen MR) is 92.2 cm³/mol. The van der Waals surface area contributed by atoms with Gasteiger partial charge in [0.25, 0.3) is 5.91 Å². The Labute approximate surface area is 147 Å². The molecule has 1 atom stereocenters. The molecule has 4 aliphatic carbocycles. The van der Waals surface area contributed by atoms with E-state index in [1.807, 2.05) is 0 Å². The smallest absolute Gasteiger partial charge is 0.310 e. The number of nitrogens with one attached hydrogen (secondary N) is 1. The first kappa shape index (κ1) is 16.4. The van der Waals surface area contributed by atoms with E-state index < -0.39 is 11.0 Å². The van der Waals surface area contributed by atoms with Crippen molar-refractivity contribution in [2.75, 3.05) is 0 Å². The van der Waals surface area contributed by atoms with Crippen molar-refractivity contribution in [1.82, 2.24) is 5.32 Å². The van der Waals surface area contributed by atoms with Gasteiger partial charge in [-0.2, -0.15) is 0 Å². The quantitative estimate of drug-likeness (QED) is 0.655. The van der Waals surface area contributed by atoms with Gasteiger partial charge in [-0.15, -0.1) is 0 Å². The van der Waals surface area contributed by atoms with Crippen molar-refractivity contribution in [3.63, 3.8) is 0 Å². The molecule has 4 bridgehead atoms. The molecule has 6 heteroatoms. The number of amides is 1. The monoisotopic (exact) mass is 344 g/mol. The van der Waals surface area contributed by atoms with Crippen LogP contribution in [0.1, 0.15) is 45.4 Å². The fourth-order valence-electron chi connectivity index (χ4n) is 5.58. The Bertz CT molecular complexity index is 667. The van der Waals surface area contributed by atoms with Gasteiger partial charge in [0.2, 0.25) is 0 Å². The van der Waals surface area contributed by atoms with E-state index in [1.165, 1.54) is 31.4 Å². The zero-order chi connectivity index (χ0) is 17.6. The molecule has 0 aliphatic heterocycles. The maximum Gasteiger partial charge on any atom is 0.310 e. The fraction of sp³-hybridized carbons (Fsp3) is 0.632. The summed E-state index contributed by atoms with van der Waals surface area (Å²) in [6.07, 6.45) is 6.41. The molecule has 0 spiro atoms. The van der Waals surface area contributed by atoms with Crippen LogP contribution in [0.2, 0.25) is 0 Å². The van der Waals surface area contributed by atoms with Gasteiger partial charge in [-0.05, 0) is 69.3 Å². The molecule has 1 aromatic rings. The Morgan fingerprint density at radius 1 is 1.20 bits per heavy atom. The number of hydrogen-bond acceptors (Lipinski definition) is 4. The summed E-state index contributed by atoms with van der Waals surface area (Å²) >= 11 is 0. The highest BCUT2D eigenvalue weighted by Crippen LogP contribution is 2.55. The third-order valence-corrected chi connectivity index (χ3v) is 6.16. The predicted octanol–water partition coefficient (Wildman–Crippen LogP) is 3.45. The van der Waals surface area contributed by atoms with Crippen LogP contribution in [0.4, 0.5) is 5.69 Å². The van der Waals surface area contributed by atoms with Crippen LogP contribution in [0.5, 0.6) is 5.75 Å². The Morgan fingerprint density at radius 2 is 1.76 bits per heavy atom. The molecule has 25 heavy (non-hydrogen) atoms. The maximum atomic E-state index is 12.7.